The number of nitrogens with one attached hydrogen (secondary N) is 1. The van der Waals surface area contributed by atoms with Crippen molar-refractivity contribution in [3.8, 4) is 0 Å². The Kier molecular flexibility index (Phi) is 5.77. The molecule has 1 fully saturated rings. The van der Waals surface area contributed by atoms with Gasteiger partial charge in [0, 0.05) is 25.8 Å². The van der Waals surface area contributed by atoms with Crippen LogP contribution in [0, 0.1) is 5.92 Å². The van der Waals surface area contributed by atoms with Crippen molar-refractivity contribution in [2.75, 3.05) is 26.7 Å². The summed E-state index contributed by atoms with van der Waals surface area (Å²) in [4.78, 5) is 2.31. The number of rotatable bonds is 7. The van der Waals surface area contributed by atoms with E-state index in [0.717, 1.165) is 50.8 Å². The van der Waals surface area contributed by atoms with Gasteiger partial charge in [-0.15, -0.1) is 5.10 Å². The second-order valence-electron chi connectivity index (χ2n) is 6.60. The first-order chi connectivity index (χ1) is 11.3. The van der Waals surface area contributed by atoms with Crippen LogP contribution in [0.1, 0.15) is 24.1 Å². The van der Waals surface area contributed by atoms with Crippen LogP contribution in [0.2, 0.25) is 0 Å². The Bertz CT molecular complexity index is 574. The maximum absolute atomic E-state index is 4.33. The Labute approximate surface area is 138 Å². The van der Waals surface area contributed by atoms with Gasteiger partial charge in [0.05, 0.1) is 5.69 Å². The first-order valence-electron chi connectivity index (χ1n) is 8.62. The number of nitrogens with zero attached hydrogens (tertiary/aromatic N) is 4. The van der Waals surface area contributed by atoms with E-state index in [4.69, 9.17) is 0 Å². The Morgan fingerprint density at radius 2 is 2.00 bits per heavy atom. The van der Waals surface area contributed by atoms with Gasteiger partial charge in [-0.3, -0.25) is 4.68 Å². The lowest BCUT2D eigenvalue weighted by Crippen LogP contribution is -2.30. The molecular weight excluding hydrogens is 286 g/mol. The molecule has 5 heteroatoms. The predicted octanol–water partition coefficient (Wildman–Crippen LogP) is 1.95. The molecule has 0 radical (unpaired) electrons. The highest BCUT2D eigenvalue weighted by Gasteiger charge is 2.14. The van der Waals surface area contributed by atoms with Gasteiger partial charge >= 0.3 is 0 Å². The number of aromatic nitrogens is 3. The van der Waals surface area contributed by atoms with E-state index in [0.29, 0.717) is 0 Å². The fourth-order valence-corrected chi connectivity index (χ4v) is 3.15. The van der Waals surface area contributed by atoms with Crippen molar-refractivity contribution < 1.29 is 0 Å². The molecule has 0 atom stereocenters. The highest BCUT2D eigenvalue weighted by atomic mass is 15.4. The molecular formula is C18H27N5. The zero-order valence-corrected chi connectivity index (χ0v) is 14.0. The Hall–Kier alpha value is -1.72. The maximum atomic E-state index is 4.33. The van der Waals surface area contributed by atoms with Crippen LogP contribution in [0.3, 0.4) is 0 Å². The van der Waals surface area contributed by atoms with Crippen LogP contribution in [0.15, 0.2) is 36.5 Å². The molecule has 3 rings (SSSR count). The predicted molar refractivity (Wildman–Crippen MR) is 92.1 cm³/mol. The maximum Gasteiger partial charge on any atom is 0.0967 e. The minimum Gasteiger partial charge on any atom is -0.317 e. The van der Waals surface area contributed by atoms with Gasteiger partial charge < -0.3 is 10.2 Å². The second-order valence-corrected chi connectivity index (χ2v) is 6.60. The summed E-state index contributed by atoms with van der Waals surface area (Å²) in [6.07, 6.45) is 5.67. The molecule has 0 spiro atoms. The monoisotopic (exact) mass is 313 g/mol. The molecule has 0 bridgehead atoms. The van der Waals surface area contributed by atoms with Gasteiger partial charge in [-0.05, 0) is 50.9 Å². The number of piperidine rings is 1. The van der Waals surface area contributed by atoms with Gasteiger partial charge in [0.2, 0.25) is 0 Å². The van der Waals surface area contributed by atoms with Gasteiger partial charge in [-0.25, -0.2) is 0 Å². The lowest BCUT2D eigenvalue weighted by Gasteiger charge is -2.21. The van der Waals surface area contributed by atoms with Crippen molar-refractivity contribution in [3.05, 3.63) is 47.8 Å². The molecule has 0 amide bonds. The number of likely N-dealkylation sites (N-methyl/N-ethyl adjacent to an activating group) is 1. The molecule has 1 saturated heterocycles. The molecule has 0 saturated carbocycles. The van der Waals surface area contributed by atoms with E-state index in [2.05, 4.69) is 64.1 Å². The SMILES string of the molecule is CN(CCc1ccccc1)Cc1cn(CC2CCNCC2)nn1. The molecule has 0 aliphatic carbocycles. The molecule has 124 valence electrons. The summed E-state index contributed by atoms with van der Waals surface area (Å²) >= 11 is 0. The Balaban J connectivity index is 1.44. The van der Waals surface area contributed by atoms with Crippen molar-refractivity contribution >= 4 is 0 Å². The Morgan fingerprint density at radius 1 is 1.22 bits per heavy atom. The second kappa shape index (κ2) is 8.22. The minimum atomic E-state index is 0.738. The first kappa shape index (κ1) is 16.1. The third-order valence-corrected chi connectivity index (χ3v) is 4.55. The van der Waals surface area contributed by atoms with E-state index in [1.54, 1.807) is 0 Å². The van der Waals surface area contributed by atoms with E-state index in [1.807, 2.05) is 4.68 Å². The summed E-state index contributed by atoms with van der Waals surface area (Å²) < 4.78 is 2.02. The van der Waals surface area contributed by atoms with Crippen molar-refractivity contribution in [1.29, 1.82) is 0 Å². The first-order valence-corrected chi connectivity index (χ1v) is 8.62. The van der Waals surface area contributed by atoms with Crippen LogP contribution < -0.4 is 5.32 Å². The zero-order chi connectivity index (χ0) is 15.9. The molecule has 1 aliphatic heterocycles. The molecule has 2 aromatic rings. The summed E-state index contributed by atoms with van der Waals surface area (Å²) in [6.45, 7) is 5.16. The number of hydrogen-bond donors (Lipinski definition) is 1. The number of benzene rings is 1. The van der Waals surface area contributed by atoms with E-state index < -0.39 is 0 Å². The topological polar surface area (TPSA) is 46.0 Å². The van der Waals surface area contributed by atoms with Crippen molar-refractivity contribution in [2.45, 2.75) is 32.4 Å². The quantitative estimate of drug-likeness (QED) is 0.849. The standard InChI is InChI=1S/C18H27N5/c1-22(12-9-16-5-3-2-4-6-16)14-18-15-23(21-20-18)13-17-7-10-19-11-8-17/h2-6,15,17,19H,7-14H2,1H3. The molecule has 23 heavy (non-hydrogen) atoms. The summed E-state index contributed by atoms with van der Waals surface area (Å²) in [6, 6.07) is 10.6. The highest BCUT2D eigenvalue weighted by Crippen LogP contribution is 2.14. The fraction of sp³-hybridized carbons (Fsp3) is 0.556. The molecule has 5 nitrogen and oxygen atoms in total. The van der Waals surface area contributed by atoms with Crippen LogP contribution in [0.5, 0.6) is 0 Å². The molecule has 0 unspecified atom stereocenters. The lowest BCUT2D eigenvalue weighted by molar-refractivity contribution is 0.318. The third kappa shape index (κ3) is 5.15. The van der Waals surface area contributed by atoms with Crippen molar-refractivity contribution in [1.82, 2.24) is 25.2 Å². The van der Waals surface area contributed by atoms with Crippen LogP contribution in [-0.2, 0) is 19.5 Å². The van der Waals surface area contributed by atoms with E-state index in [9.17, 15) is 0 Å². The summed E-state index contributed by atoms with van der Waals surface area (Å²) in [5.74, 6) is 0.738. The van der Waals surface area contributed by atoms with Crippen LogP contribution >= 0.6 is 0 Å². The highest BCUT2D eigenvalue weighted by molar-refractivity contribution is 5.14. The van der Waals surface area contributed by atoms with Crippen molar-refractivity contribution in [3.63, 3.8) is 0 Å². The molecule has 1 aromatic carbocycles. The number of hydrogen-bond acceptors (Lipinski definition) is 4. The van der Waals surface area contributed by atoms with Gasteiger partial charge in [-0.1, -0.05) is 35.5 Å². The smallest absolute Gasteiger partial charge is 0.0967 e. The molecule has 1 N–H and O–H groups in total. The normalized spacial score (nSPS) is 16.1. The summed E-state index contributed by atoms with van der Waals surface area (Å²) in [7, 11) is 2.15. The molecule has 2 heterocycles. The minimum absolute atomic E-state index is 0.738. The van der Waals surface area contributed by atoms with Crippen LogP contribution in [0.25, 0.3) is 0 Å². The summed E-state index contributed by atoms with van der Waals surface area (Å²) in [5.41, 5.74) is 2.45. The fourth-order valence-electron chi connectivity index (χ4n) is 3.15. The van der Waals surface area contributed by atoms with Crippen LogP contribution in [0.4, 0.5) is 0 Å². The van der Waals surface area contributed by atoms with Gasteiger partial charge in [0.1, 0.15) is 0 Å². The van der Waals surface area contributed by atoms with E-state index in [-0.39, 0.29) is 0 Å². The third-order valence-electron chi connectivity index (χ3n) is 4.55. The van der Waals surface area contributed by atoms with Crippen LogP contribution in [-0.4, -0.2) is 46.6 Å². The molecule has 1 aliphatic rings. The van der Waals surface area contributed by atoms with Gasteiger partial charge in [0.25, 0.3) is 0 Å². The average Bonchev–Trinajstić information content (AvgIpc) is 3.02. The zero-order valence-electron chi connectivity index (χ0n) is 14.0. The van der Waals surface area contributed by atoms with Gasteiger partial charge in [-0.2, -0.15) is 0 Å². The Morgan fingerprint density at radius 3 is 2.78 bits per heavy atom. The lowest BCUT2D eigenvalue weighted by atomic mass is 9.98. The summed E-state index contributed by atoms with van der Waals surface area (Å²) in [5, 5.41) is 12.0. The largest absolute Gasteiger partial charge is 0.317 e. The average molecular weight is 313 g/mol. The molecule has 1 aromatic heterocycles. The van der Waals surface area contributed by atoms with E-state index in [1.165, 1.54) is 18.4 Å². The van der Waals surface area contributed by atoms with Crippen molar-refractivity contribution in [2.24, 2.45) is 5.92 Å². The van der Waals surface area contributed by atoms with Gasteiger partial charge in [0.15, 0.2) is 0 Å². The van der Waals surface area contributed by atoms with E-state index >= 15 is 0 Å².